The summed E-state index contributed by atoms with van der Waals surface area (Å²) in [4.78, 5) is 22.0. The van der Waals surface area contributed by atoms with E-state index in [0.717, 1.165) is 4.47 Å². The number of hydrogen-bond donors (Lipinski definition) is 3. The van der Waals surface area contributed by atoms with E-state index in [2.05, 4.69) is 26.6 Å². The Labute approximate surface area is 108 Å². The molecule has 0 aromatic heterocycles. The van der Waals surface area contributed by atoms with Crippen molar-refractivity contribution in [1.82, 2.24) is 5.32 Å². The highest BCUT2D eigenvalue weighted by Gasteiger charge is 2.04. The quantitative estimate of drug-likeness (QED) is 0.681. The fourth-order valence-corrected chi connectivity index (χ4v) is 1.55. The summed E-state index contributed by atoms with van der Waals surface area (Å²) in [7, 11) is 0. The number of para-hydroxylation sites is 1. The molecule has 0 spiro atoms. The lowest BCUT2D eigenvalue weighted by atomic mass is 10.3. The molecule has 92 valence electrons. The third kappa shape index (κ3) is 5.46. The van der Waals surface area contributed by atoms with E-state index in [1.54, 1.807) is 6.07 Å². The molecule has 0 unspecified atom stereocenters. The van der Waals surface area contributed by atoms with Gasteiger partial charge < -0.3 is 16.4 Å². The van der Waals surface area contributed by atoms with Crippen molar-refractivity contribution in [3.8, 4) is 0 Å². The van der Waals surface area contributed by atoms with Crippen molar-refractivity contribution in [3.05, 3.63) is 28.7 Å². The zero-order chi connectivity index (χ0) is 12.7. The monoisotopic (exact) mass is 299 g/mol. The van der Waals surface area contributed by atoms with Crippen molar-refractivity contribution in [2.75, 3.05) is 18.4 Å². The maximum absolute atomic E-state index is 11.5. The molecule has 0 atom stereocenters. The molecule has 5 nitrogen and oxygen atoms in total. The summed E-state index contributed by atoms with van der Waals surface area (Å²) in [6, 6.07) is 7.34. The molecule has 17 heavy (non-hydrogen) atoms. The van der Waals surface area contributed by atoms with Crippen LogP contribution in [0, 0.1) is 0 Å². The number of nitrogens with two attached hydrogens (primary N) is 1. The molecular formula is C11H14BrN3O2. The molecule has 0 bridgehead atoms. The lowest BCUT2D eigenvalue weighted by molar-refractivity contribution is -0.118. The van der Waals surface area contributed by atoms with Gasteiger partial charge in [0.1, 0.15) is 0 Å². The Morgan fingerprint density at radius 2 is 2.00 bits per heavy atom. The van der Waals surface area contributed by atoms with Crippen LogP contribution in [-0.4, -0.2) is 24.9 Å². The third-order valence-corrected chi connectivity index (χ3v) is 2.67. The van der Waals surface area contributed by atoms with Crippen LogP contribution < -0.4 is 16.4 Å². The van der Waals surface area contributed by atoms with Gasteiger partial charge in [0.25, 0.3) is 0 Å². The summed E-state index contributed by atoms with van der Waals surface area (Å²) in [5, 5.41) is 5.56. The molecule has 1 aromatic rings. The average molecular weight is 300 g/mol. The highest BCUT2D eigenvalue weighted by molar-refractivity contribution is 9.10. The Morgan fingerprint density at radius 3 is 2.65 bits per heavy atom. The molecule has 0 aliphatic heterocycles. The summed E-state index contributed by atoms with van der Waals surface area (Å²) >= 11 is 3.33. The molecule has 2 amide bonds. The standard InChI is InChI=1S/C11H14BrN3O2/c12-8-3-1-2-4-9(8)15-11(17)7-14-6-5-10(13)16/h1-4,14H,5-7H2,(H2,13,16)(H,15,17). The Kier molecular flexibility index (Phi) is 5.65. The molecule has 6 heteroatoms. The largest absolute Gasteiger partial charge is 0.370 e. The van der Waals surface area contributed by atoms with Gasteiger partial charge >= 0.3 is 0 Å². The van der Waals surface area contributed by atoms with E-state index < -0.39 is 0 Å². The maximum Gasteiger partial charge on any atom is 0.238 e. The molecule has 4 N–H and O–H groups in total. The molecule has 0 radical (unpaired) electrons. The van der Waals surface area contributed by atoms with Crippen LogP contribution in [0.25, 0.3) is 0 Å². The predicted octanol–water partition coefficient (Wildman–Crippen LogP) is 0.853. The lowest BCUT2D eigenvalue weighted by Gasteiger charge is -2.07. The highest BCUT2D eigenvalue weighted by Crippen LogP contribution is 2.20. The fourth-order valence-electron chi connectivity index (χ4n) is 1.17. The summed E-state index contributed by atoms with van der Waals surface area (Å²) in [6.45, 7) is 0.549. The summed E-state index contributed by atoms with van der Waals surface area (Å²) in [5.74, 6) is -0.551. The lowest BCUT2D eigenvalue weighted by Crippen LogP contribution is -2.30. The van der Waals surface area contributed by atoms with Crippen LogP contribution in [0.1, 0.15) is 6.42 Å². The van der Waals surface area contributed by atoms with Crippen LogP contribution in [0.3, 0.4) is 0 Å². The second kappa shape index (κ2) is 7.03. The van der Waals surface area contributed by atoms with E-state index in [9.17, 15) is 9.59 Å². The van der Waals surface area contributed by atoms with Crippen molar-refractivity contribution < 1.29 is 9.59 Å². The van der Waals surface area contributed by atoms with Gasteiger partial charge in [-0.1, -0.05) is 12.1 Å². The first kappa shape index (κ1) is 13.7. The normalized spacial score (nSPS) is 9.94. The number of nitrogens with one attached hydrogen (secondary N) is 2. The first-order valence-electron chi connectivity index (χ1n) is 5.13. The van der Waals surface area contributed by atoms with Gasteiger partial charge in [-0.25, -0.2) is 0 Å². The minimum atomic E-state index is -0.385. The second-order valence-corrected chi connectivity index (χ2v) is 4.28. The molecule has 0 fully saturated rings. The predicted molar refractivity (Wildman–Crippen MR) is 69.5 cm³/mol. The zero-order valence-corrected chi connectivity index (χ0v) is 10.8. The Morgan fingerprint density at radius 1 is 1.29 bits per heavy atom. The molecule has 0 aliphatic carbocycles. The number of rotatable bonds is 6. The number of anilines is 1. The molecule has 0 heterocycles. The fraction of sp³-hybridized carbons (Fsp3) is 0.273. The van der Waals surface area contributed by atoms with Crippen LogP contribution in [0.2, 0.25) is 0 Å². The molecule has 0 aliphatic rings. The number of primary amides is 1. The smallest absolute Gasteiger partial charge is 0.238 e. The van der Waals surface area contributed by atoms with Crippen molar-refractivity contribution in [2.45, 2.75) is 6.42 Å². The van der Waals surface area contributed by atoms with Gasteiger partial charge in [0.15, 0.2) is 0 Å². The van der Waals surface area contributed by atoms with E-state index in [-0.39, 0.29) is 24.8 Å². The van der Waals surface area contributed by atoms with E-state index in [1.165, 1.54) is 0 Å². The number of hydrogen-bond acceptors (Lipinski definition) is 3. The van der Waals surface area contributed by atoms with Gasteiger partial charge in [-0.2, -0.15) is 0 Å². The molecule has 0 saturated heterocycles. The highest BCUT2D eigenvalue weighted by atomic mass is 79.9. The minimum Gasteiger partial charge on any atom is -0.370 e. The second-order valence-electron chi connectivity index (χ2n) is 3.42. The molecule has 0 saturated carbocycles. The van der Waals surface area contributed by atoms with Crippen molar-refractivity contribution in [1.29, 1.82) is 0 Å². The SMILES string of the molecule is NC(=O)CCNCC(=O)Nc1ccccc1Br. The number of halogens is 1. The van der Waals surface area contributed by atoms with E-state index >= 15 is 0 Å². The third-order valence-electron chi connectivity index (χ3n) is 1.98. The number of carbonyl (C=O) groups is 2. The summed E-state index contributed by atoms with van der Waals surface area (Å²) < 4.78 is 0.825. The van der Waals surface area contributed by atoms with Crippen LogP contribution in [-0.2, 0) is 9.59 Å². The minimum absolute atomic E-state index is 0.147. The van der Waals surface area contributed by atoms with Gasteiger partial charge in [0, 0.05) is 17.4 Å². The van der Waals surface area contributed by atoms with E-state index in [4.69, 9.17) is 5.73 Å². The van der Waals surface area contributed by atoms with Gasteiger partial charge in [-0.15, -0.1) is 0 Å². The van der Waals surface area contributed by atoms with Gasteiger partial charge in [0.05, 0.1) is 12.2 Å². The van der Waals surface area contributed by atoms with Crippen LogP contribution in [0.5, 0.6) is 0 Å². The van der Waals surface area contributed by atoms with Crippen molar-refractivity contribution >= 4 is 33.4 Å². The Balaban J connectivity index is 2.30. The van der Waals surface area contributed by atoms with Gasteiger partial charge in [-0.05, 0) is 28.1 Å². The Hall–Kier alpha value is -1.40. The average Bonchev–Trinajstić information content (AvgIpc) is 2.27. The first-order valence-corrected chi connectivity index (χ1v) is 5.92. The van der Waals surface area contributed by atoms with Gasteiger partial charge in [-0.3, -0.25) is 9.59 Å². The maximum atomic E-state index is 11.5. The summed E-state index contributed by atoms with van der Waals surface area (Å²) in [6.07, 6.45) is 0.225. The van der Waals surface area contributed by atoms with Crippen LogP contribution in [0.4, 0.5) is 5.69 Å². The summed E-state index contributed by atoms with van der Waals surface area (Å²) in [5.41, 5.74) is 5.68. The molecule has 1 rings (SSSR count). The first-order chi connectivity index (χ1) is 8.09. The number of benzene rings is 1. The van der Waals surface area contributed by atoms with Gasteiger partial charge in [0.2, 0.25) is 11.8 Å². The van der Waals surface area contributed by atoms with Crippen molar-refractivity contribution in [2.24, 2.45) is 5.73 Å². The molecular weight excluding hydrogens is 286 g/mol. The number of carbonyl (C=O) groups excluding carboxylic acids is 2. The van der Waals surface area contributed by atoms with Crippen LogP contribution in [0.15, 0.2) is 28.7 Å². The molecule has 1 aromatic carbocycles. The van der Waals surface area contributed by atoms with E-state index in [0.29, 0.717) is 12.2 Å². The number of amides is 2. The van der Waals surface area contributed by atoms with Crippen LogP contribution >= 0.6 is 15.9 Å². The topological polar surface area (TPSA) is 84.2 Å². The van der Waals surface area contributed by atoms with E-state index in [1.807, 2.05) is 18.2 Å². The zero-order valence-electron chi connectivity index (χ0n) is 9.20. The van der Waals surface area contributed by atoms with Crippen molar-refractivity contribution in [3.63, 3.8) is 0 Å². The Bertz CT molecular complexity index is 409.